The van der Waals surface area contributed by atoms with Gasteiger partial charge in [-0.3, -0.25) is 10.1 Å². The number of benzene rings is 2. The molecule has 0 saturated heterocycles. The number of aryl methyl sites for hydroxylation is 2. The van der Waals surface area contributed by atoms with Crippen LogP contribution >= 0.6 is 15.9 Å². The molecule has 26 heavy (non-hydrogen) atoms. The highest BCUT2D eigenvalue weighted by molar-refractivity contribution is 9.10. The molecule has 0 radical (unpaired) electrons. The molecule has 0 bridgehead atoms. The minimum Gasteiger partial charge on any atom is -0.452 e. The van der Waals surface area contributed by atoms with E-state index in [-0.39, 0.29) is 5.56 Å². The fourth-order valence-corrected chi connectivity index (χ4v) is 2.37. The predicted molar refractivity (Wildman–Crippen MR) is 97.5 cm³/mol. The monoisotopic (exact) mass is 422 g/mol. The Balaban J connectivity index is 1.86. The van der Waals surface area contributed by atoms with Crippen molar-refractivity contribution >= 4 is 39.5 Å². The van der Waals surface area contributed by atoms with E-state index < -0.39 is 30.3 Å². The van der Waals surface area contributed by atoms with E-state index in [0.29, 0.717) is 10.2 Å². The third-order valence-corrected chi connectivity index (χ3v) is 3.99. The first kappa shape index (κ1) is 19.6. The van der Waals surface area contributed by atoms with Crippen LogP contribution in [0.3, 0.4) is 0 Å². The molecule has 0 aliphatic heterocycles. The van der Waals surface area contributed by atoms with Gasteiger partial charge in [-0.05, 0) is 55.3 Å². The van der Waals surface area contributed by atoms with E-state index in [0.717, 1.165) is 17.2 Å². The summed E-state index contributed by atoms with van der Waals surface area (Å²) in [6.45, 7) is 3.11. The summed E-state index contributed by atoms with van der Waals surface area (Å²) in [5, 5.41) is 4.53. The molecule has 0 aromatic heterocycles. The number of amides is 3. The zero-order valence-corrected chi connectivity index (χ0v) is 15.6. The minimum atomic E-state index is -1.01. The predicted octanol–water partition coefficient (Wildman–Crippen LogP) is 3.71. The van der Waals surface area contributed by atoms with Crippen molar-refractivity contribution in [3.8, 4) is 0 Å². The van der Waals surface area contributed by atoms with Crippen LogP contribution in [0.1, 0.15) is 21.5 Å². The van der Waals surface area contributed by atoms with E-state index in [1.165, 1.54) is 12.1 Å². The molecule has 3 amide bonds. The molecule has 0 saturated carbocycles. The van der Waals surface area contributed by atoms with Crippen LogP contribution in [0.25, 0.3) is 0 Å². The summed E-state index contributed by atoms with van der Waals surface area (Å²) >= 11 is 3.11. The number of urea groups is 1. The number of esters is 1. The van der Waals surface area contributed by atoms with Crippen molar-refractivity contribution in [1.29, 1.82) is 0 Å². The van der Waals surface area contributed by atoms with Crippen molar-refractivity contribution in [3.05, 3.63) is 63.4 Å². The Morgan fingerprint density at radius 2 is 1.81 bits per heavy atom. The van der Waals surface area contributed by atoms with Gasteiger partial charge in [0.25, 0.3) is 5.91 Å². The van der Waals surface area contributed by atoms with Crippen LogP contribution in [-0.4, -0.2) is 24.5 Å². The van der Waals surface area contributed by atoms with Gasteiger partial charge in [-0.1, -0.05) is 22.0 Å². The first-order chi connectivity index (χ1) is 12.3. The van der Waals surface area contributed by atoms with Gasteiger partial charge in [-0.2, -0.15) is 0 Å². The second-order valence-corrected chi connectivity index (χ2v) is 6.42. The smallest absolute Gasteiger partial charge is 0.341 e. The lowest BCUT2D eigenvalue weighted by atomic mass is 10.1. The Bertz CT molecular complexity index is 870. The number of imide groups is 1. The van der Waals surface area contributed by atoms with Gasteiger partial charge in [0.05, 0.1) is 5.56 Å². The van der Waals surface area contributed by atoms with Crippen LogP contribution < -0.4 is 10.6 Å². The molecule has 0 spiro atoms. The van der Waals surface area contributed by atoms with Crippen LogP contribution in [0.15, 0.2) is 40.9 Å². The van der Waals surface area contributed by atoms with E-state index in [1.54, 1.807) is 12.1 Å². The van der Waals surface area contributed by atoms with Gasteiger partial charge >= 0.3 is 12.0 Å². The van der Waals surface area contributed by atoms with Gasteiger partial charge in [0.2, 0.25) is 0 Å². The zero-order chi connectivity index (χ0) is 19.3. The molecule has 6 nitrogen and oxygen atoms in total. The quantitative estimate of drug-likeness (QED) is 0.735. The Labute approximate surface area is 157 Å². The maximum atomic E-state index is 13.6. The number of carbonyl (C=O) groups excluding carboxylic acids is 3. The molecule has 0 heterocycles. The molecular weight excluding hydrogens is 407 g/mol. The number of rotatable bonds is 4. The number of anilines is 1. The number of carbonyl (C=O) groups is 3. The highest BCUT2D eigenvalue weighted by atomic mass is 79.9. The second kappa shape index (κ2) is 8.57. The van der Waals surface area contributed by atoms with E-state index in [9.17, 15) is 18.8 Å². The fraction of sp³-hybridized carbons (Fsp3) is 0.167. The molecular formula is C18H16BrFN2O4. The van der Waals surface area contributed by atoms with Crippen molar-refractivity contribution in [2.45, 2.75) is 13.8 Å². The molecule has 0 fully saturated rings. The summed E-state index contributed by atoms with van der Waals surface area (Å²) in [5.41, 5.74) is 2.26. The highest BCUT2D eigenvalue weighted by Crippen LogP contribution is 2.16. The third kappa shape index (κ3) is 5.38. The van der Waals surface area contributed by atoms with Gasteiger partial charge in [0.1, 0.15) is 5.82 Å². The minimum absolute atomic E-state index is 0.313. The molecule has 136 valence electrons. The van der Waals surface area contributed by atoms with Crippen molar-refractivity contribution in [3.63, 3.8) is 0 Å². The molecule has 2 rings (SSSR count). The van der Waals surface area contributed by atoms with Crippen LogP contribution in [0.5, 0.6) is 0 Å². The first-order valence-corrected chi connectivity index (χ1v) is 8.36. The number of ether oxygens (including phenoxy) is 1. The standard InChI is InChI=1S/C18H16BrFN2O4/c1-10-3-5-13(7-11(10)2)21-18(25)22-16(23)9-26-17(24)14-8-12(19)4-6-15(14)20/h3-8H,9H2,1-2H3,(H2,21,22,23,25). The molecule has 8 heteroatoms. The summed E-state index contributed by atoms with van der Waals surface area (Å²) in [7, 11) is 0. The molecule has 2 aromatic carbocycles. The summed E-state index contributed by atoms with van der Waals surface area (Å²) in [6, 6.07) is 8.29. The fourth-order valence-electron chi connectivity index (χ4n) is 2.01. The van der Waals surface area contributed by atoms with Crippen molar-refractivity contribution < 1.29 is 23.5 Å². The van der Waals surface area contributed by atoms with E-state index in [4.69, 9.17) is 4.74 Å². The number of nitrogens with one attached hydrogen (secondary N) is 2. The summed E-state index contributed by atoms with van der Waals surface area (Å²) < 4.78 is 18.8. The van der Waals surface area contributed by atoms with E-state index >= 15 is 0 Å². The highest BCUT2D eigenvalue weighted by Gasteiger charge is 2.16. The van der Waals surface area contributed by atoms with Crippen LogP contribution in [0.4, 0.5) is 14.9 Å². The van der Waals surface area contributed by atoms with Crippen LogP contribution in [-0.2, 0) is 9.53 Å². The number of halogens is 2. The van der Waals surface area contributed by atoms with Gasteiger partial charge in [0.15, 0.2) is 6.61 Å². The Hall–Kier alpha value is -2.74. The summed E-state index contributed by atoms with van der Waals surface area (Å²) in [5.74, 6) is -2.62. The molecule has 2 aromatic rings. The maximum Gasteiger partial charge on any atom is 0.341 e. The topological polar surface area (TPSA) is 84.5 Å². The lowest BCUT2D eigenvalue weighted by Crippen LogP contribution is -2.37. The first-order valence-electron chi connectivity index (χ1n) is 7.56. The van der Waals surface area contributed by atoms with Gasteiger partial charge < -0.3 is 10.1 Å². The van der Waals surface area contributed by atoms with Gasteiger partial charge in [-0.15, -0.1) is 0 Å². The molecule has 0 aliphatic rings. The average Bonchev–Trinajstić information content (AvgIpc) is 2.58. The Morgan fingerprint density at radius 1 is 1.08 bits per heavy atom. The SMILES string of the molecule is Cc1ccc(NC(=O)NC(=O)COC(=O)c2cc(Br)ccc2F)cc1C. The van der Waals surface area contributed by atoms with Crippen molar-refractivity contribution in [2.75, 3.05) is 11.9 Å². The van der Waals surface area contributed by atoms with Crippen LogP contribution in [0, 0.1) is 19.7 Å². The Morgan fingerprint density at radius 3 is 2.50 bits per heavy atom. The Kier molecular flexibility index (Phi) is 6.46. The van der Waals surface area contributed by atoms with Gasteiger partial charge in [0, 0.05) is 10.2 Å². The van der Waals surface area contributed by atoms with Crippen LogP contribution in [0.2, 0.25) is 0 Å². The number of hydrogen-bond acceptors (Lipinski definition) is 4. The van der Waals surface area contributed by atoms with E-state index in [1.807, 2.05) is 25.2 Å². The maximum absolute atomic E-state index is 13.6. The molecule has 0 unspecified atom stereocenters. The third-order valence-electron chi connectivity index (χ3n) is 3.50. The average molecular weight is 423 g/mol. The summed E-state index contributed by atoms with van der Waals surface area (Å²) in [4.78, 5) is 35.3. The lowest BCUT2D eigenvalue weighted by Gasteiger charge is -2.09. The molecule has 0 aliphatic carbocycles. The lowest BCUT2D eigenvalue weighted by molar-refractivity contribution is -0.123. The van der Waals surface area contributed by atoms with Crippen molar-refractivity contribution in [1.82, 2.24) is 5.32 Å². The number of hydrogen-bond donors (Lipinski definition) is 2. The molecule has 0 atom stereocenters. The van der Waals surface area contributed by atoms with Gasteiger partial charge in [-0.25, -0.2) is 14.0 Å². The second-order valence-electron chi connectivity index (χ2n) is 5.50. The summed E-state index contributed by atoms with van der Waals surface area (Å²) in [6.07, 6.45) is 0. The molecule has 2 N–H and O–H groups in total. The largest absolute Gasteiger partial charge is 0.452 e. The van der Waals surface area contributed by atoms with E-state index in [2.05, 4.69) is 21.2 Å². The zero-order valence-electron chi connectivity index (χ0n) is 14.1. The van der Waals surface area contributed by atoms with Crippen molar-refractivity contribution in [2.24, 2.45) is 0 Å². The normalized spacial score (nSPS) is 10.2.